The lowest BCUT2D eigenvalue weighted by molar-refractivity contribution is 0.629. The van der Waals surface area contributed by atoms with Crippen LogP contribution in [0.1, 0.15) is 5.82 Å². The summed E-state index contributed by atoms with van der Waals surface area (Å²) in [4.78, 5) is 7.19. The van der Waals surface area contributed by atoms with Gasteiger partial charge in [-0.2, -0.15) is 0 Å². The Morgan fingerprint density at radius 2 is 2.23 bits per heavy atom. The standard InChI is InChI=1S/C8H6BrFN2.BrH/c9-4-8-11-6-2-1-5(10)3-7(6)12-8;/h1-3H,4H2,(H,11,12);1H. The maximum atomic E-state index is 12.7. The third-order valence-electron chi connectivity index (χ3n) is 1.62. The van der Waals surface area contributed by atoms with Gasteiger partial charge in [-0.25, -0.2) is 9.37 Å². The summed E-state index contributed by atoms with van der Waals surface area (Å²) in [6.07, 6.45) is 0. The largest absolute Gasteiger partial charge is 0.341 e. The van der Waals surface area contributed by atoms with Gasteiger partial charge in [-0.3, -0.25) is 0 Å². The highest BCUT2D eigenvalue weighted by Crippen LogP contribution is 2.13. The van der Waals surface area contributed by atoms with Crippen LogP contribution in [0.3, 0.4) is 0 Å². The lowest BCUT2D eigenvalue weighted by Gasteiger charge is -1.86. The second-order valence-electron chi connectivity index (χ2n) is 2.48. The van der Waals surface area contributed by atoms with Crippen molar-refractivity contribution in [2.45, 2.75) is 5.33 Å². The summed E-state index contributed by atoms with van der Waals surface area (Å²) < 4.78 is 12.7. The fourth-order valence-corrected chi connectivity index (χ4v) is 1.36. The van der Waals surface area contributed by atoms with Crippen molar-refractivity contribution in [1.82, 2.24) is 9.97 Å². The SMILES string of the molecule is Br.Fc1ccc2nc(CBr)[nH]c2c1. The highest BCUT2D eigenvalue weighted by molar-refractivity contribution is 9.08. The summed E-state index contributed by atoms with van der Waals surface area (Å²) >= 11 is 3.27. The van der Waals surface area contributed by atoms with Crippen LogP contribution in [0.2, 0.25) is 0 Å². The van der Waals surface area contributed by atoms with E-state index < -0.39 is 0 Å². The van der Waals surface area contributed by atoms with Crippen LogP contribution >= 0.6 is 32.9 Å². The monoisotopic (exact) mass is 308 g/mol. The Bertz CT molecular complexity index is 413. The van der Waals surface area contributed by atoms with Crippen molar-refractivity contribution in [2.75, 3.05) is 0 Å². The first kappa shape index (κ1) is 10.7. The minimum absolute atomic E-state index is 0. The van der Waals surface area contributed by atoms with E-state index in [9.17, 15) is 4.39 Å². The number of nitrogens with one attached hydrogen (secondary N) is 1. The van der Waals surface area contributed by atoms with Gasteiger partial charge in [0.25, 0.3) is 0 Å². The Labute approximate surface area is 93.5 Å². The fraction of sp³-hybridized carbons (Fsp3) is 0.125. The number of nitrogens with zero attached hydrogens (tertiary/aromatic N) is 1. The molecule has 0 saturated carbocycles. The van der Waals surface area contributed by atoms with Crippen LogP contribution in [0.5, 0.6) is 0 Å². The van der Waals surface area contributed by atoms with Gasteiger partial charge in [-0.1, -0.05) is 15.9 Å². The van der Waals surface area contributed by atoms with E-state index in [0.29, 0.717) is 5.33 Å². The zero-order chi connectivity index (χ0) is 8.55. The molecule has 1 heterocycles. The van der Waals surface area contributed by atoms with Gasteiger partial charge in [0.2, 0.25) is 0 Å². The molecule has 0 radical (unpaired) electrons. The third kappa shape index (κ3) is 2.08. The first-order valence-electron chi connectivity index (χ1n) is 3.50. The van der Waals surface area contributed by atoms with Crippen molar-refractivity contribution in [3.8, 4) is 0 Å². The molecule has 0 aliphatic rings. The van der Waals surface area contributed by atoms with Crippen LogP contribution in [-0.2, 0) is 5.33 Å². The number of hydrogen-bond donors (Lipinski definition) is 1. The van der Waals surface area contributed by atoms with E-state index in [2.05, 4.69) is 25.9 Å². The highest BCUT2D eigenvalue weighted by atomic mass is 79.9. The van der Waals surface area contributed by atoms with Crippen LogP contribution in [0, 0.1) is 5.82 Å². The van der Waals surface area contributed by atoms with Gasteiger partial charge in [0, 0.05) is 0 Å². The molecule has 0 amide bonds. The first-order valence-corrected chi connectivity index (χ1v) is 4.62. The molecule has 0 aliphatic carbocycles. The van der Waals surface area contributed by atoms with Gasteiger partial charge in [-0.15, -0.1) is 17.0 Å². The van der Waals surface area contributed by atoms with Gasteiger partial charge >= 0.3 is 0 Å². The lowest BCUT2D eigenvalue weighted by atomic mass is 10.3. The summed E-state index contributed by atoms with van der Waals surface area (Å²) in [6, 6.07) is 4.50. The minimum atomic E-state index is -0.243. The predicted octanol–water partition coefficient (Wildman–Crippen LogP) is 3.17. The third-order valence-corrected chi connectivity index (χ3v) is 2.15. The van der Waals surface area contributed by atoms with Crippen molar-refractivity contribution >= 4 is 43.9 Å². The summed E-state index contributed by atoms with van der Waals surface area (Å²) in [6.45, 7) is 0. The number of aromatic nitrogens is 2. The van der Waals surface area contributed by atoms with Crippen molar-refractivity contribution in [1.29, 1.82) is 0 Å². The van der Waals surface area contributed by atoms with Gasteiger partial charge in [0.05, 0.1) is 16.4 Å². The van der Waals surface area contributed by atoms with Crippen molar-refractivity contribution in [2.24, 2.45) is 0 Å². The molecule has 2 nitrogen and oxygen atoms in total. The van der Waals surface area contributed by atoms with Gasteiger partial charge < -0.3 is 4.98 Å². The quantitative estimate of drug-likeness (QED) is 0.805. The number of rotatable bonds is 1. The van der Waals surface area contributed by atoms with Crippen LogP contribution < -0.4 is 0 Å². The molecule has 0 bridgehead atoms. The molecular formula is C8H7Br2FN2. The van der Waals surface area contributed by atoms with Gasteiger partial charge in [0.1, 0.15) is 11.6 Å². The van der Waals surface area contributed by atoms with E-state index in [0.717, 1.165) is 16.9 Å². The molecule has 2 rings (SSSR count). The van der Waals surface area contributed by atoms with E-state index in [1.807, 2.05) is 0 Å². The summed E-state index contributed by atoms with van der Waals surface area (Å²) in [5, 5.41) is 0.656. The number of fused-ring (bicyclic) bond motifs is 1. The molecule has 70 valence electrons. The number of benzene rings is 1. The number of H-pyrrole nitrogens is 1. The Hall–Kier alpha value is -0.420. The predicted molar refractivity (Wildman–Crippen MR) is 59.0 cm³/mol. The average molecular weight is 310 g/mol. The molecule has 1 aromatic heterocycles. The Kier molecular flexibility index (Phi) is 3.44. The maximum Gasteiger partial charge on any atom is 0.125 e. The highest BCUT2D eigenvalue weighted by Gasteiger charge is 2.01. The fourth-order valence-electron chi connectivity index (χ4n) is 1.10. The van der Waals surface area contributed by atoms with E-state index in [1.165, 1.54) is 12.1 Å². The summed E-state index contributed by atoms with van der Waals surface area (Å²) in [5.74, 6) is 0.572. The maximum absolute atomic E-state index is 12.7. The number of alkyl halides is 1. The van der Waals surface area contributed by atoms with Crippen LogP contribution in [0.4, 0.5) is 4.39 Å². The molecule has 0 fully saturated rings. The molecule has 5 heteroatoms. The number of imidazole rings is 1. The Balaban J connectivity index is 0.000000845. The van der Waals surface area contributed by atoms with Gasteiger partial charge in [0.15, 0.2) is 0 Å². The molecular weight excluding hydrogens is 303 g/mol. The molecule has 0 atom stereocenters. The second-order valence-corrected chi connectivity index (χ2v) is 3.04. The Morgan fingerprint density at radius 3 is 2.92 bits per heavy atom. The second kappa shape index (κ2) is 4.19. The molecule has 2 aromatic rings. The topological polar surface area (TPSA) is 28.7 Å². The molecule has 0 saturated heterocycles. The molecule has 1 N–H and O–H groups in total. The molecule has 13 heavy (non-hydrogen) atoms. The molecule has 0 spiro atoms. The summed E-state index contributed by atoms with van der Waals surface area (Å²) in [5.41, 5.74) is 1.54. The Morgan fingerprint density at radius 1 is 1.46 bits per heavy atom. The van der Waals surface area contributed by atoms with E-state index in [4.69, 9.17) is 0 Å². The smallest absolute Gasteiger partial charge is 0.125 e. The number of aromatic amines is 1. The molecule has 1 aromatic carbocycles. The zero-order valence-electron chi connectivity index (χ0n) is 6.55. The van der Waals surface area contributed by atoms with Crippen LogP contribution in [-0.4, -0.2) is 9.97 Å². The molecule has 0 unspecified atom stereocenters. The lowest BCUT2D eigenvalue weighted by Crippen LogP contribution is -1.76. The van der Waals surface area contributed by atoms with Crippen molar-refractivity contribution < 1.29 is 4.39 Å². The minimum Gasteiger partial charge on any atom is -0.341 e. The molecule has 0 aliphatic heterocycles. The van der Waals surface area contributed by atoms with Crippen molar-refractivity contribution in [3.63, 3.8) is 0 Å². The van der Waals surface area contributed by atoms with Crippen LogP contribution in [0.15, 0.2) is 18.2 Å². The summed E-state index contributed by atoms with van der Waals surface area (Å²) in [7, 11) is 0. The average Bonchev–Trinajstić information content (AvgIpc) is 2.46. The normalized spacial score (nSPS) is 10.0. The number of halogens is 3. The van der Waals surface area contributed by atoms with E-state index in [1.54, 1.807) is 6.07 Å². The number of hydrogen-bond acceptors (Lipinski definition) is 1. The van der Waals surface area contributed by atoms with E-state index in [-0.39, 0.29) is 22.8 Å². The first-order chi connectivity index (χ1) is 5.79. The van der Waals surface area contributed by atoms with Crippen molar-refractivity contribution in [3.05, 3.63) is 29.8 Å². The zero-order valence-corrected chi connectivity index (χ0v) is 9.85. The van der Waals surface area contributed by atoms with E-state index >= 15 is 0 Å². The van der Waals surface area contributed by atoms with Crippen LogP contribution in [0.25, 0.3) is 11.0 Å². The van der Waals surface area contributed by atoms with Gasteiger partial charge in [-0.05, 0) is 18.2 Å².